The highest BCUT2D eigenvalue weighted by Crippen LogP contribution is 2.16. The van der Waals surface area contributed by atoms with Crippen LogP contribution in [0.1, 0.15) is 33.6 Å². The molecule has 0 aromatic carbocycles. The van der Waals surface area contributed by atoms with Gasteiger partial charge in [-0.25, -0.2) is 0 Å². The molecule has 0 aromatic heterocycles. The Morgan fingerprint density at radius 3 is 2.42 bits per heavy atom. The number of carbonyl (C=O) groups is 1. The number of nitrogens with one attached hydrogen (secondary N) is 1. The molecule has 0 aromatic rings. The molecule has 72 valence electrons. The molecule has 0 radical (unpaired) electrons. The predicted octanol–water partition coefficient (Wildman–Crippen LogP) is 0.171. The van der Waals surface area contributed by atoms with Crippen LogP contribution in [0, 0.1) is 5.41 Å². The van der Waals surface area contributed by atoms with Crippen LogP contribution in [0.15, 0.2) is 0 Å². The maximum atomic E-state index is 11.0. The minimum absolute atomic E-state index is 0.120. The zero-order chi connectivity index (χ0) is 9.61. The Labute approximate surface area is 74.7 Å². The second kappa shape index (κ2) is 5.14. The zero-order valence-electron chi connectivity index (χ0n) is 8.44. The van der Waals surface area contributed by atoms with Crippen LogP contribution in [-0.4, -0.2) is 19.0 Å². The molecule has 0 spiro atoms. The van der Waals surface area contributed by atoms with Crippen molar-refractivity contribution in [1.29, 1.82) is 0 Å². The number of amides is 1. The molecule has 0 heterocycles. The molecule has 0 bridgehead atoms. The molecule has 0 aliphatic carbocycles. The summed E-state index contributed by atoms with van der Waals surface area (Å²) in [5.74, 6) is 0.120. The molecule has 1 amide bonds. The highest BCUT2D eigenvalue weighted by Gasteiger charge is 2.09. The van der Waals surface area contributed by atoms with Gasteiger partial charge in [0.05, 0.1) is 13.0 Å². The Morgan fingerprint density at radius 2 is 2.00 bits per heavy atom. The van der Waals surface area contributed by atoms with E-state index in [0.29, 0.717) is 18.4 Å². The van der Waals surface area contributed by atoms with Crippen LogP contribution in [0.25, 0.3) is 0 Å². The fraction of sp³-hybridized carbons (Fsp3) is 0.889. The maximum absolute atomic E-state index is 11.0. The third-order valence-electron chi connectivity index (χ3n) is 1.60. The first-order valence-electron chi connectivity index (χ1n) is 4.51. The largest absolute Gasteiger partial charge is 0.357 e. The van der Waals surface area contributed by atoms with Crippen LogP contribution in [-0.2, 0) is 4.79 Å². The van der Waals surface area contributed by atoms with Crippen molar-refractivity contribution in [3.05, 3.63) is 0 Å². The van der Waals surface area contributed by atoms with Crippen molar-refractivity contribution < 1.29 is 10.5 Å². The Bertz CT molecular complexity index is 138. The fourth-order valence-corrected chi connectivity index (χ4v) is 0.826. The van der Waals surface area contributed by atoms with Crippen LogP contribution >= 0.6 is 0 Å². The third-order valence-corrected chi connectivity index (χ3v) is 1.60. The van der Waals surface area contributed by atoms with Crippen LogP contribution in [0.4, 0.5) is 0 Å². The van der Waals surface area contributed by atoms with Gasteiger partial charge in [-0.2, -0.15) is 0 Å². The first-order chi connectivity index (χ1) is 5.45. The number of hydrogen-bond donors (Lipinski definition) is 2. The lowest BCUT2D eigenvalue weighted by Crippen LogP contribution is -2.51. The molecular formula is C9H21N2O+. The van der Waals surface area contributed by atoms with Crippen LogP contribution in [0.2, 0.25) is 0 Å². The smallest absolute Gasteiger partial charge is 0.225 e. The first kappa shape index (κ1) is 11.4. The summed E-state index contributed by atoms with van der Waals surface area (Å²) in [4.78, 5) is 11.0. The van der Waals surface area contributed by atoms with Crippen molar-refractivity contribution in [2.24, 2.45) is 5.41 Å². The Morgan fingerprint density at radius 1 is 1.42 bits per heavy atom. The van der Waals surface area contributed by atoms with Crippen molar-refractivity contribution in [3.8, 4) is 0 Å². The summed E-state index contributed by atoms with van der Waals surface area (Å²) in [7, 11) is 0. The van der Waals surface area contributed by atoms with Crippen molar-refractivity contribution in [2.75, 3.05) is 13.1 Å². The van der Waals surface area contributed by atoms with Crippen molar-refractivity contribution >= 4 is 5.91 Å². The minimum Gasteiger partial charge on any atom is -0.357 e. The number of hydrogen-bond acceptors (Lipinski definition) is 1. The van der Waals surface area contributed by atoms with Gasteiger partial charge in [0, 0.05) is 6.54 Å². The average molecular weight is 173 g/mol. The lowest BCUT2D eigenvalue weighted by Gasteiger charge is -2.17. The fourth-order valence-electron chi connectivity index (χ4n) is 0.826. The van der Waals surface area contributed by atoms with E-state index >= 15 is 0 Å². The van der Waals surface area contributed by atoms with Gasteiger partial charge in [-0.1, -0.05) is 20.8 Å². The zero-order valence-corrected chi connectivity index (χ0v) is 8.44. The van der Waals surface area contributed by atoms with Crippen LogP contribution in [0.3, 0.4) is 0 Å². The summed E-state index contributed by atoms with van der Waals surface area (Å²) in [5, 5.41) is 2.86. The molecule has 12 heavy (non-hydrogen) atoms. The van der Waals surface area contributed by atoms with E-state index in [1.807, 2.05) is 0 Å². The van der Waals surface area contributed by atoms with E-state index < -0.39 is 0 Å². The summed E-state index contributed by atoms with van der Waals surface area (Å²) < 4.78 is 0. The van der Waals surface area contributed by atoms with Gasteiger partial charge < -0.3 is 11.1 Å². The van der Waals surface area contributed by atoms with E-state index in [4.69, 9.17) is 0 Å². The molecule has 4 N–H and O–H groups in total. The summed E-state index contributed by atoms with van der Waals surface area (Å²) in [5.41, 5.74) is 3.92. The van der Waals surface area contributed by atoms with Crippen molar-refractivity contribution in [3.63, 3.8) is 0 Å². The summed E-state index contributed by atoms with van der Waals surface area (Å²) in [6, 6.07) is 0. The lowest BCUT2D eigenvalue weighted by molar-refractivity contribution is -0.366. The summed E-state index contributed by atoms with van der Waals surface area (Å²) in [6.45, 7) is 7.96. The van der Waals surface area contributed by atoms with Gasteiger partial charge in [-0.15, -0.1) is 0 Å². The van der Waals surface area contributed by atoms with E-state index in [9.17, 15) is 4.79 Å². The second-order valence-corrected chi connectivity index (χ2v) is 4.26. The molecular weight excluding hydrogens is 152 g/mol. The van der Waals surface area contributed by atoms with Crippen molar-refractivity contribution in [1.82, 2.24) is 5.32 Å². The van der Waals surface area contributed by atoms with Gasteiger partial charge in [0.2, 0.25) is 5.91 Å². The van der Waals surface area contributed by atoms with E-state index in [1.165, 1.54) is 0 Å². The monoisotopic (exact) mass is 173 g/mol. The highest BCUT2D eigenvalue weighted by atomic mass is 16.1. The topological polar surface area (TPSA) is 56.7 Å². The molecule has 0 aliphatic rings. The van der Waals surface area contributed by atoms with Gasteiger partial charge in [0.15, 0.2) is 0 Å². The van der Waals surface area contributed by atoms with Gasteiger partial charge >= 0.3 is 0 Å². The number of quaternary nitrogens is 1. The Balaban J connectivity index is 3.37. The number of carbonyl (C=O) groups excluding carboxylic acids is 1. The minimum atomic E-state index is 0.120. The van der Waals surface area contributed by atoms with Gasteiger partial charge in [0.25, 0.3) is 0 Å². The normalized spacial score (nSPS) is 11.3. The van der Waals surface area contributed by atoms with Gasteiger partial charge in [0.1, 0.15) is 0 Å². The van der Waals surface area contributed by atoms with E-state index in [1.54, 1.807) is 0 Å². The molecule has 0 saturated heterocycles. The first-order valence-corrected chi connectivity index (χ1v) is 4.51. The SMILES string of the molecule is CC(C)(C)CCNC(=O)CC[NH3+]. The molecule has 0 unspecified atom stereocenters. The van der Waals surface area contributed by atoms with Crippen LogP contribution in [0.5, 0.6) is 0 Å². The summed E-state index contributed by atoms with van der Waals surface area (Å²) >= 11 is 0. The maximum Gasteiger partial charge on any atom is 0.225 e. The van der Waals surface area contributed by atoms with E-state index in [-0.39, 0.29) is 5.91 Å². The number of rotatable bonds is 4. The lowest BCUT2D eigenvalue weighted by atomic mass is 9.92. The highest BCUT2D eigenvalue weighted by molar-refractivity contribution is 5.75. The van der Waals surface area contributed by atoms with Gasteiger partial charge in [-0.05, 0) is 11.8 Å². The Hall–Kier alpha value is -0.570. The molecule has 3 nitrogen and oxygen atoms in total. The van der Waals surface area contributed by atoms with Gasteiger partial charge in [-0.3, -0.25) is 4.79 Å². The third kappa shape index (κ3) is 7.54. The molecule has 0 saturated carbocycles. The predicted molar refractivity (Wildman–Crippen MR) is 49.5 cm³/mol. The molecule has 0 aliphatic heterocycles. The quantitative estimate of drug-likeness (QED) is 0.625. The van der Waals surface area contributed by atoms with E-state index in [2.05, 4.69) is 31.8 Å². The molecule has 3 heteroatoms. The van der Waals surface area contributed by atoms with E-state index in [0.717, 1.165) is 13.0 Å². The average Bonchev–Trinajstić information content (AvgIpc) is 1.84. The standard InChI is InChI=1S/C9H20N2O/c1-9(2,3)5-7-11-8(12)4-6-10/h4-7,10H2,1-3H3,(H,11,12)/p+1. The second-order valence-electron chi connectivity index (χ2n) is 4.26. The summed E-state index contributed by atoms with van der Waals surface area (Å²) in [6.07, 6.45) is 1.57. The molecule has 0 rings (SSSR count). The van der Waals surface area contributed by atoms with Crippen molar-refractivity contribution in [2.45, 2.75) is 33.6 Å². The molecule has 0 atom stereocenters. The molecule has 0 fully saturated rings. The Kier molecular flexibility index (Phi) is 4.90. The van der Waals surface area contributed by atoms with Crippen LogP contribution < -0.4 is 11.1 Å².